The maximum atomic E-state index is 11.4. The van der Waals surface area contributed by atoms with E-state index in [1.807, 2.05) is 0 Å². The lowest BCUT2D eigenvalue weighted by molar-refractivity contribution is 0.412. The molecule has 0 rings (SSSR count). The summed E-state index contributed by atoms with van der Waals surface area (Å²) in [6.45, 7) is 2.26. The summed E-state index contributed by atoms with van der Waals surface area (Å²) in [7, 11) is -0.366. The molecule has 0 aromatic carbocycles. The lowest BCUT2D eigenvalue weighted by Crippen LogP contribution is -2.40. The summed E-state index contributed by atoms with van der Waals surface area (Å²) < 4.78 is 25.2. The zero-order valence-electron chi connectivity index (χ0n) is 7.61. The van der Waals surface area contributed by atoms with Crippen molar-refractivity contribution in [3.8, 4) is 12.3 Å². The molecule has 12 heavy (non-hydrogen) atoms. The zero-order valence-corrected chi connectivity index (χ0v) is 8.43. The quantitative estimate of drug-likeness (QED) is 0.573. The van der Waals surface area contributed by atoms with Gasteiger partial charge in [0.1, 0.15) is 0 Å². The van der Waals surface area contributed by atoms with Gasteiger partial charge in [0, 0.05) is 20.6 Å². The second-order valence-corrected chi connectivity index (χ2v) is 4.56. The van der Waals surface area contributed by atoms with Crippen molar-refractivity contribution in [1.82, 2.24) is 8.61 Å². The van der Waals surface area contributed by atoms with Gasteiger partial charge < -0.3 is 0 Å². The number of hydrogen-bond acceptors (Lipinski definition) is 2. The Morgan fingerprint density at radius 2 is 1.92 bits per heavy atom. The average molecular weight is 190 g/mol. The number of hydrogen-bond donors (Lipinski definition) is 0. The molecule has 0 aliphatic carbocycles. The highest BCUT2D eigenvalue weighted by molar-refractivity contribution is 7.86. The van der Waals surface area contributed by atoms with Crippen molar-refractivity contribution in [2.75, 3.05) is 27.2 Å². The minimum Gasteiger partial charge on any atom is -0.195 e. The van der Waals surface area contributed by atoms with E-state index in [1.165, 1.54) is 18.4 Å². The van der Waals surface area contributed by atoms with Gasteiger partial charge in [-0.25, -0.2) is 0 Å². The van der Waals surface area contributed by atoms with E-state index < -0.39 is 10.2 Å². The highest BCUT2D eigenvalue weighted by Crippen LogP contribution is 2.02. The molecule has 0 radical (unpaired) electrons. The molecular formula is C7H14N2O2S. The van der Waals surface area contributed by atoms with Crippen LogP contribution in [0, 0.1) is 12.3 Å². The van der Waals surface area contributed by atoms with Gasteiger partial charge in [0.15, 0.2) is 0 Å². The van der Waals surface area contributed by atoms with Crippen LogP contribution in [0.2, 0.25) is 0 Å². The van der Waals surface area contributed by atoms with Gasteiger partial charge in [0.2, 0.25) is 0 Å². The van der Waals surface area contributed by atoms with Gasteiger partial charge in [0.05, 0.1) is 6.54 Å². The van der Waals surface area contributed by atoms with Crippen molar-refractivity contribution < 1.29 is 8.42 Å². The van der Waals surface area contributed by atoms with Crippen LogP contribution in [0.25, 0.3) is 0 Å². The van der Waals surface area contributed by atoms with Gasteiger partial charge in [-0.15, -0.1) is 6.42 Å². The number of terminal acetylenes is 1. The molecule has 0 bridgehead atoms. The van der Waals surface area contributed by atoms with E-state index in [1.54, 1.807) is 6.92 Å². The molecule has 0 heterocycles. The van der Waals surface area contributed by atoms with Crippen LogP contribution in [0.4, 0.5) is 0 Å². The Bertz CT molecular complexity index is 264. The minimum atomic E-state index is -3.33. The fourth-order valence-corrected chi connectivity index (χ4v) is 1.72. The monoisotopic (exact) mass is 190 g/mol. The normalized spacial score (nSPS) is 12.0. The van der Waals surface area contributed by atoms with Gasteiger partial charge in [-0.1, -0.05) is 12.8 Å². The SMILES string of the molecule is C#CCN(CC)S(=O)(=O)N(C)C. The molecule has 0 unspecified atom stereocenters. The predicted octanol–water partition coefficient (Wildman–Crippen LogP) is -0.252. The maximum Gasteiger partial charge on any atom is 0.282 e. The second-order valence-electron chi connectivity index (χ2n) is 2.42. The van der Waals surface area contributed by atoms with E-state index in [-0.39, 0.29) is 6.54 Å². The Hall–Kier alpha value is -0.570. The fourth-order valence-electron chi connectivity index (χ4n) is 0.689. The molecule has 0 N–H and O–H groups in total. The standard InChI is InChI=1S/C7H14N2O2S/c1-5-7-9(6-2)12(10,11)8(3)4/h1H,6-7H2,2-4H3. The van der Waals surface area contributed by atoms with E-state index >= 15 is 0 Å². The number of rotatable bonds is 4. The minimum absolute atomic E-state index is 0.122. The highest BCUT2D eigenvalue weighted by Gasteiger charge is 2.21. The summed E-state index contributed by atoms with van der Waals surface area (Å²) in [6, 6.07) is 0. The van der Waals surface area contributed by atoms with Crippen LogP contribution in [0.3, 0.4) is 0 Å². The number of nitrogens with zero attached hydrogens (tertiary/aromatic N) is 2. The van der Waals surface area contributed by atoms with Crippen LogP contribution in [0.15, 0.2) is 0 Å². The molecule has 0 spiro atoms. The Morgan fingerprint density at radius 1 is 1.42 bits per heavy atom. The molecule has 0 aliphatic rings. The lowest BCUT2D eigenvalue weighted by atomic mass is 10.6. The summed E-state index contributed by atoms with van der Waals surface area (Å²) in [6.07, 6.45) is 5.03. The first-order valence-electron chi connectivity index (χ1n) is 3.57. The molecule has 0 atom stereocenters. The van der Waals surface area contributed by atoms with E-state index in [4.69, 9.17) is 6.42 Å². The third-order valence-corrected chi connectivity index (χ3v) is 3.37. The topological polar surface area (TPSA) is 40.6 Å². The van der Waals surface area contributed by atoms with Crippen LogP contribution in [-0.2, 0) is 10.2 Å². The molecule has 70 valence electrons. The van der Waals surface area contributed by atoms with Gasteiger partial charge >= 0.3 is 0 Å². The summed E-state index contributed by atoms with van der Waals surface area (Å²) in [5.41, 5.74) is 0. The van der Waals surface area contributed by atoms with Crippen molar-refractivity contribution in [2.24, 2.45) is 0 Å². The molecule has 0 amide bonds. The predicted molar refractivity (Wildman–Crippen MR) is 48.7 cm³/mol. The van der Waals surface area contributed by atoms with Crippen molar-refractivity contribution in [1.29, 1.82) is 0 Å². The Labute approximate surface area is 74.3 Å². The van der Waals surface area contributed by atoms with E-state index in [9.17, 15) is 8.42 Å². The molecular weight excluding hydrogens is 176 g/mol. The van der Waals surface area contributed by atoms with Gasteiger partial charge in [0.25, 0.3) is 10.2 Å². The first-order chi connectivity index (χ1) is 5.46. The van der Waals surface area contributed by atoms with Crippen LogP contribution >= 0.6 is 0 Å². The molecule has 4 nitrogen and oxygen atoms in total. The molecule has 0 aromatic heterocycles. The second kappa shape index (κ2) is 4.45. The van der Waals surface area contributed by atoms with Crippen molar-refractivity contribution in [3.63, 3.8) is 0 Å². The molecule has 0 aliphatic heterocycles. The van der Waals surface area contributed by atoms with E-state index in [0.717, 1.165) is 4.31 Å². The zero-order chi connectivity index (χ0) is 9.78. The average Bonchev–Trinajstić information content (AvgIpc) is 1.99. The molecule has 0 saturated heterocycles. The molecule has 0 aromatic rings. The third kappa shape index (κ3) is 2.48. The van der Waals surface area contributed by atoms with Crippen LogP contribution in [0.5, 0.6) is 0 Å². The summed E-state index contributed by atoms with van der Waals surface area (Å²) in [5.74, 6) is 2.30. The van der Waals surface area contributed by atoms with Crippen LogP contribution in [0.1, 0.15) is 6.92 Å². The molecule has 0 fully saturated rings. The fraction of sp³-hybridized carbons (Fsp3) is 0.714. The summed E-state index contributed by atoms with van der Waals surface area (Å²) in [5, 5.41) is 0. The highest BCUT2D eigenvalue weighted by atomic mass is 32.2. The summed E-state index contributed by atoms with van der Waals surface area (Å²) >= 11 is 0. The van der Waals surface area contributed by atoms with Crippen molar-refractivity contribution in [2.45, 2.75) is 6.92 Å². The van der Waals surface area contributed by atoms with Gasteiger partial charge in [-0.3, -0.25) is 0 Å². The van der Waals surface area contributed by atoms with Gasteiger partial charge in [-0.05, 0) is 0 Å². The van der Waals surface area contributed by atoms with E-state index in [2.05, 4.69) is 5.92 Å². The van der Waals surface area contributed by atoms with Gasteiger partial charge in [-0.2, -0.15) is 17.0 Å². The third-order valence-electron chi connectivity index (χ3n) is 1.41. The molecule has 5 heteroatoms. The molecule has 0 saturated carbocycles. The van der Waals surface area contributed by atoms with Crippen LogP contribution < -0.4 is 0 Å². The van der Waals surface area contributed by atoms with Crippen LogP contribution in [-0.4, -0.2) is 44.2 Å². The largest absolute Gasteiger partial charge is 0.282 e. The first-order valence-corrected chi connectivity index (χ1v) is 4.97. The maximum absolute atomic E-state index is 11.4. The van der Waals surface area contributed by atoms with Crippen molar-refractivity contribution in [3.05, 3.63) is 0 Å². The Kier molecular flexibility index (Phi) is 4.24. The van der Waals surface area contributed by atoms with E-state index in [0.29, 0.717) is 6.54 Å². The lowest BCUT2D eigenvalue weighted by Gasteiger charge is -2.21. The smallest absolute Gasteiger partial charge is 0.195 e. The summed E-state index contributed by atoms with van der Waals surface area (Å²) in [4.78, 5) is 0. The first kappa shape index (κ1) is 11.4. The Balaban J connectivity index is 4.64. The Morgan fingerprint density at radius 3 is 2.17 bits per heavy atom. The van der Waals surface area contributed by atoms with Crippen molar-refractivity contribution >= 4 is 10.2 Å².